The molecule has 1 aromatic heterocycles. The molecule has 1 saturated heterocycles. The van der Waals surface area contributed by atoms with Gasteiger partial charge in [0, 0.05) is 39.8 Å². The first-order chi connectivity index (χ1) is 13.8. The van der Waals surface area contributed by atoms with Gasteiger partial charge in [0.05, 0.1) is 18.2 Å². The van der Waals surface area contributed by atoms with E-state index in [4.69, 9.17) is 14.5 Å². The van der Waals surface area contributed by atoms with Crippen molar-refractivity contribution in [2.24, 2.45) is 4.99 Å². The van der Waals surface area contributed by atoms with E-state index in [1.165, 1.54) is 10.6 Å². The zero-order chi connectivity index (χ0) is 19.6. The van der Waals surface area contributed by atoms with Gasteiger partial charge in [0.1, 0.15) is 12.4 Å². The fourth-order valence-electron chi connectivity index (χ4n) is 3.11. The summed E-state index contributed by atoms with van der Waals surface area (Å²) in [5, 5.41) is 6.94. The summed E-state index contributed by atoms with van der Waals surface area (Å²) >= 11 is 1.81. The molecule has 1 aliphatic rings. The molecule has 2 aromatic rings. The molecule has 0 amide bonds. The minimum Gasteiger partial charge on any atom is -0.491 e. The third-order valence-corrected chi connectivity index (χ3v) is 5.55. The van der Waals surface area contributed by atoms with Gasteiger partial charge in [-0.05, 0) is 42.1 Å². The summed E-state index contributed by atoms with van der Waals surface area (Å²) in [6, 6.07) is 12.4. The molecular weight excluding hydrogens is 499 g/mol. The van der Waals surface area contributed by atoms with Gasteiger partial charge in [-0.15, -0.1) is 35.3 Å². The molecule has 8 heteroatoms. The van der Waals surface area contributed by atoms with E-state index < -0.39 is 0 Å². The van der Waals surface area contributed by atoms with Crippen molar-refractivity contribution in [1.29, 1.82) is 0 Å². The first-order valence-corrected chi connectivity index (χ1v) is 10.7. The third-order valence-electron chi connectivity index (χ3n) is 4.62. The van der Waals surface area contributed by atoms with Crippen LogP contribution in [0.3, 0.4) is 0 Å². The predicted molar refractivity (Wildman–Crippen MR) is 132 cm³/mol. The number of anilines is 1. The van der Waals surface area contributed by atoms with Gasteiger partial charge in [-0.3, -0.25) is 0 Å². The monoisotopic (exact) mass is 530 g/mol. The van der Waals surface area contributed by atoms with Gasteiger partial charge < -0.3 is 24.6 Å². The smallest absolute Gasteiger partial charge is 0.194 e. The Morgan fingerprint density at radius 1 is 1.10 bits per heavy atom. The molecule has 1 N–H and O–H groups in total. The largest absolute Gasteiger partial charge is 0.491 e. The van der Waals surface area contributed by atoms with E-state index in [9.17, 15) is 0 Å². The van der Waals surface area contributed by atoms with Gasteiger partial charge in [-0.1, -0.05) is 12.1 Å². The van der Waals surface area contributed by atoms with Gasteiger partial charge in [0.2, 0.25) is 0 Å². The Bertz CT molecular complexity index is 717. The number of halogens is 1. The maximum absolute atomic E-state index is 5.62. The van der Waals surface area contributed by atoms with Crippen LogP contribution in [-0.4, -0.2) is 63.9 Å². The molecule has 1 aliphatic heterocycles. The summed E-state index contributed by atoms with van der Waals surface area (Å²) in [7, 11) is 1.68. The lowest BCUT2D eigenvalue weighted by Gasteiger charge is -2.37. The molecule has 1 fully saturated rings. The second kappa shape index (κ2) is 12.9. The van der Waals surface area contributed by atoms with E-state index in [0.717, 1.165) is 44.4 Å². The lowest BCUT2D eigenvalue weighted by atomic mass is 10.2. The average molecular weight is 530 g/mol. The topological polar surface area (TPSA) is 49.3 Å². The fourth-order valence-corrected chi connectivity index (χ4v) is 3.90. The van der Waals surface area contributed by atoms with Gasteiger partial charge in [-0.2, -0.15) is 0 Å². The Balaban J connectivity index is 0.00000300. The highest BCUT2D eigenvalue weighted by atomic mass is 127. The number of thiophene rings is 1. The van der Waals surface area contributed by atoms with E-state index in [2.05, 4.69) is 51.7 Å². The van der Waals surface area contributed by atoms with Crippen LogP contribution in [0.4, 0.5) is 5.00 Å². The van der Waals surface area contributed by atoms with Gasteiger partial charge in [0.15, 0.2) is 5.96 Å². The van der Waals surface area contributed by atoms with E-state index in [-0.39, 0.29) is 24.0 Å². The maximum Gasteiger partial charge on any atom is 0.194 e. The minimum absolute atomic E-state index is 0. The lowest BCUT2D eigenvalue weighted by molar-refractivity contribution is 0.146. The molecule has 0 radical (unpaired) electrons. The number of rotatable bonds is 8. The molecule has 0 aliphatic carbocycles. The van der Waals surface area contributed by atoms with E-state index in [1.807, 2.05) is 23.5 Å². The molecule has 0 bridgehead atoms. The van der Waals surface area contributed by atoms with Gasteiger partial charge >= 0.3 is 0 Å². The van der Waals surface area contributed by atoms with Crippen molar-refractivity contribution in [2.45, 2.75) is 13.5 Å². The zero-order valence-electron chi connectivity index (χ0n) is 17.2. The highest BCUT2D eigenvalue weighted by Crippen LogP contribution is 2.22. The van der Waals surface area contributed by atoms with Crippen molar-refractivity contribution in [3.05, 3.63) is 47.3 Å². The number of benzene rings is 1. The van der Waals surface area contributed by atoms with Crippen LogP contribution in [-0.2, 0) is 11.3 Å². The van der Waals surface area contributed by atoms with Crippen molar-refractivity contribution in [3.8, 4) is 5.75 Å². The summed E-state index contributed by atoms with van der Waals surface area (Å²) in [6.45, 7) is 8.82. The number of nitrogens with one attached hydrogen (secondary N) is 1. The second-order valence-electron chi connectivity index (χ2n) is 6.58. The molecular formula is C21H31IN4O2S. The number of methoxy groups -OCH3 is 1. The molecule has 160 valence electrons. The van der Waals surface area contributed by atoms with Crippen LogP contribution in [0.25, 0.3) is 0 Å². The number of hydrogen-bond donors (Lipinski definition) is 1. The first-order valence-electron chi connectivity index (χ1n) is 9.82. The normalized spacial score (nSPS) is 14.5. The maximum atomic E-state index is 5.62. The highest BCUT2D eigenvalue weighted by molar-refractivity contribution is 14.0. The number of piperazine rings is 1. The quantitative estimate of drug-likeness (QED) is 0.244. The number of aliphatic imine (C=N–C) groups is 1. The highest BCUT2D eigenvalue weighted by Gasteiger charge is 2.20. The predicted octanol–water partition coefficient (Wildman–Crippen LogP) is 3.68. The van der Waals surface area contributed by atoms with Crippen molar-refractivity contribution >= 4 is 46.3 Å². The van der Waals surface area contributed by atoms with Crippen molar-refractivity contribution in [1.82, 2.24) is 10.2 Å². The van der Waals surface area contributed by atoms with Crippen LogP contribution < -0.4 is 15.0 Å². The lowest BCUT2D eigenvalue weighted by Crippen LogP contribution is -2.52. The van der Waals surface area contributed by atoms with Crippen molar-refractivity contribution in [3.63, 3.8) is 0 Å². The molecule has 0 spiro atoms. The molecule has 0 unspecified atom stereocenters. The average Bonchev–Trinajstić information content (AvgIpc) is 3.27. The number of nitrogens with zero attached hydrogens (tertiary/aromatic N) is 3. The van der Waals surface area contributed by atoms with E-state index >= 15 is 0 Å². The fraction of sp³-hybridized carbons (Fsp3) is 0.476. The summed E-state index contributed by atoms with van der Waals surface area (Å²) in [4.78, 5) is 9.66. The standard InChI is InChI=1S/C21H30N4O2S.HI/c1-3-22-21(25-12-10-24(11-13-25)20-5-4-16-28-20)23-17-18-6-8-19(9-7-18)27-15-14-26-2;/h4-9,16H,3,10-15,17H2,1-2H3,(H,22,23);1H. The van der Waals surface area contributed by atoms with E-state index in [1.54, 1.807) is 7.11 Å². The summed E-state index contributed by atoms with van der Waals surface area (Å²) in [5.41, 5.74) is 1.17. The number of hydrogen-bond acceptors (Lipinski definition) is 5. The molecule has 29 heavy (non-hydrogen) atoms. The number of guanidine groups is 1. The summed E-state index contributed by atoms with van der Waals surface area (Å²) in [6.07, 6.45) is 0. The zero-order valence-corrected chi connectivity index (χ0v) is 20.3. The molecule has 2 heterocycles. The molecule has 0 atom stereocenters. The van der Waals surface area contributed by atoms with Crippen LogP contribution >= 0.6 is 35.3 Å². The van der Waals surface area contributed by atoms with E-state index in [0.29, 0.717) is 19.8 Å². The Morgan fingerprint density at radius 2 is 1.86 bits per heavy atom. The summed E-state index contributed by atoms with van der Waals surface area (Å²) < 4.78 is 10.6. The molecule has 1 aromatic carbocycles. The number of ether oxygens (including phenoxy) is 2. The van der Waals surface area contributed by atoms with Crippen LogP contribution in [0.5, 0.6) is 5.75 Å². The Hall–Kier alpha value is -1.52. The SMILES string of the molecule is CCNC(=NCc1ccc(OCCOC)cc1)N1CCN(c2cccs2)CC1.I. The molecule has 3 rings (SSSR count). The van der Waals surface area contributed by atoms with Crippen LogP contribution in [0, 0.1) is 0 Å². The van der Waals surface area contributed by atoms with Crippen molar-refractivity contribution < 1.29 is 9.47 Å². The van der Waals surface area contributed by atoms with Gasteiger partial charge in [-0.25, -0.2) is 4.99 Å². The van der Waals surface area contributed by atoms with Gasteiger partial charge in [0.25, 0.3) is 0 Å². The first kappa shape index (κ1) is 23.8. The third kappa shape index (κ3) is 7.35. The Morgan fingerprint density at radius 3 is 2.48 bits per heavy atom. The Kier molecular flexibility index (Phi) is 10.6. The summed E-state index contributed by atoms with van der Waals surface area (Å²) in [5.74, 6) is 1.86. The van der Waals surface area contributed by atoms with Crippen LogP contribution in [0.1, 0.15) is 12.5 Å². The van der Waals surface area contributed by atoms with Crippen LogP contribution in [0.2, 0.25) is 0 Å². The van der Waals surface area contributed by atoms with Crippen molar-refractivity contribution in [2.75, 3.05) is 57.9 Å². The van der Waals surface area contributed by atoms with Crippen LogP contribution in [0.15, 0.2) is 46.8 Å². The molecule has 6 nitrogen and oxygen atoms in total. The minimum atomic E-state index is 0. The molecule has 0 saturated carbocycles. The Labute approximate surface area is 194 Å². The second-order valence-corrected chi connectivity index (χ2v) is 7.51.